The van der Waals surface area contributed by atoms with Crippen molar-refractivity contribution in [2.45, 2.75) is 59.9 Å². The van der Waals surface area contributed by atoms with E-state index in [1.807, 2.05) is 6.08 Å². The summed E-state index contributed by atoms with van der Waals surface area (Å²) < 4.78 is 6.70. The molecule has 3 nitrogen and oxygen atoms in total. The molecular formula is C22H32O3Si. The van der Waals surface area contributed by atoms with Gasteiger partial charge in [-0.15, -0.1) is 0 Å². The summed E-state index contributed by atoms with van der Waals surface area (Å²) in [6.07, 6.45) is 6.62. The minimum absolute atomic E-state index is 0.00617. The topological polar surface area (TPSA) is 43.4 Å². The quantitative estimate of drug-likeness (QED) is 0.533. The first kappa shape index (κ1) is 18.4. The Kier molecular flexibility index (Phi) is 3.73. The Bertz CT molecular complexity index is 741. The van der Waals surface area contributed by atoms with Crippen molar-refractivity contribution in [2.75, 3.05) is 0 Å². The zero-order valence-electron chi connectivity index (χ0n) is 17.1. The lowest BCUT2D eigenvalue weighted by Crippen LogP contribution is -2.55. The number of carbonyl (C=O) groups excluding carboxylic acids is 2. The minimum Gasteiger partial charge on any atom is -0.411 e. The molecule has 2 unspecified atom stereocenters. The molecule has 26 heavy (non-hydrogen) atoms. The molecule has 2 fully saturated rings. The van der Waals surface area contributed by atoms with E-state index in [1.54, 1.807) is 6.08 Å². The van der Waals surface area contributed by atoms with E-state index in [9.17, 15) is 9.59 Å². The predicted octanol–water partition coefficient (Wildman–Crippen LogP) is 4.41. The van der Waals surface area contributed by atoms with Crippen LogP contribution in [0.2, 0.25) is 19.6 Å². The van der Waals surface area contributed by atoms with E-state index in [-0.39, 0.29) is 40.8 Å². The van der Waals surface area contributed by atoms with Crippen molar-refractivity contribution >= 4 is 19.9 Å². The average Bonchev–Trinajstić information content (AvgIpc) is 2.90. The van der Waals surface area contributed by atoms with Gasteiger partial charge in [0.15, 0.2) is 14.1 Å². The number of rotatable bonds is 2. The fraction of sp³-hybridized carbons (Fsp3) is 0.727. The van der Waals surface area contributed by atoms with Gasteiger partial charge >= 0.3 is 0 Å². The summed E-state index contributed by atoms with van der Waals surface area (Å²) >= 11 is 0. The second kappa shape index (κ2) is 5.29. The van der Waals surface area contributed by atoms with Crippen LogP contribution in [0.3, 0.4) is 0 Å². The van der Waals surface area contributed by atoms with Gasteiger partial charge < -0.3 is 4.43 Å². The van der Waals surface area contributed by atoms with Crippen molar-refractivity contribution in [3.63, 3.8) is 0 Å². The Morgan fingerprint density at radius 2 is 1.81 bits per heavy atom. The van der Waals surface area contributed by atoms with Crippen LogP contribution in [-0.4, -0.2) is 26.0 Å². The Labute approximate surface area is 158 Å². The third-order valence-electron chi connectivity index (χ3n) is 7.59. The number of carbonyl (C=O) groups is 2. The number of Topliss-reactive ketones (excluding diaryl/α,β-unsaturated/α-hetero) is 1. The third-order valence-corrected chi connectivity index (χ3v) is 8.55. The van der Waals surface area contributed by atoms with E-state index in [4.69, 9.17) is 4.43 Å². The highest BCUT2D eigenvalue weighted by Gasteiger charge is 2.73. The van der Waals surface area contributed by atoms with Gasteiger partial charge in [-0.05, 0) is 61.9 Å². The highest BCUT2D eigenvalue weighted by atomic mass is 28.4. The molecule has 0 aromatic rings. The maximum atomic E-state index is 13.6. The Hall–Kier alpha value is -1.00. The van der Waals surface area contributed by atoms with Crippen molar-refractivity contribution in [2.24, 2.45) is 40.4 Å². The first-order valence-electron chi connectivity index (χ1n) is 10.0. The standard InChI is InChI=1S/C22H32O3Si/c1-12-10-14-16(23)8-9-22(14)18(19(12)25-26(5,6)7)17-15(21(17,3)4)11-13(2)20(22)24/h8-10,13-15,17-19H,11H2,1-7H3/t13-,14?,15-,17-,18-,19?,22+/m1/s1. The van der Waals surface area contributed by atoms with Gasteiger partial charge in [-0.3, -0.25) is 9.59 Å². The van der Waals surface area contributed by atoms with Gasteiger partial charge in [0.05, 0.1) is 17.4 Å². The van der Waals surface area contributed by atoms with Crippen LogP contribution in [-0.2, 0) is 14.0 Å². The number of hydrogen-bond donors (Lipinski definition) is 0. The lowest BCUT2D eigenvalue weighted by atomic mass is 9.56. The second-order valence-electron chi connectivity index (χ2n) is 10.7. The SMILES string of the molecule is CC1=CC2C(=O)C=C[C@]23C(=O)[C@H](C)C[C@@H]2[C@H]([C@@H]3C1O[Si](C)(C)C)C2(C)C. The van der Waals surface area contributed by atoms with Crippen LogP contribution in [0, 0.1) is 40.4 Å². The molecule has 1 spiro atoms. The van der Waals surface area contributed by atoms with Crippen LogP contribution in [0.25, 0.3) is 0 Å². The molecule has 7 atom stereocenters. The van der Waals surface area contributed by atoms with Crippen LogP contribution in [0.4, 0.5) is 0 Å². The van der Waals surface area contributed by atoms with E-state index < -0.39 is 13.7 Å². The van der Waals surface area contributed by atoms with E-state index in [0.717, 1.165) is 12.0 Å². The molecule has 4 heteroatoms. The van der Waals surface area contributed by atoms with Crippen LogP contribution >= 0.6 is 0 Å². The molecule has 0 saturated heterocycles. The van der Waals surface area contributed by atoms with Gasteiger partial charge in [-0.1, -0.05) is 32.9 Å². The lowest BCUT2D eigenvalue weighted by Gasteiger charge is -2.49. The minimum atomic E-state index is -1.80. The molecule has 0 amide bonds. The molecule has 142 valence electrons. The van der Waals surface area contributed by atoms with Crippen molar-refractivity contribution in [3.8, 4) is 0 Å². The van der Waals surface area contributed by atoms with Gasteiger partial charge in [-0.2, -0.15) is 0 Å². The average molecular weight is 373 g/mol. The van der Waals surface area contributed by atoms with Crippen molar-refractivity contribution < 1.29 is 14.0 Å². The molecule has 0 aliphatic heterocycles. The fourth-order valence-electron chi connectivity index (χ4n) is 6.39. The molecule has 4 rings (SSSR count). The van der Waals surface area contributed by atoms with E-state index in [0.29, 0.717) is 11.8 Å². The highest BCUT2D eigenvalue weighted by Crippen LogP contribution is 2.73. The maximum absolute atomic E-state index is 13.6. The monoisotopic (exact) mass is 372 g/mol. The summed E-state index contributed by atoms with van der Waals surface area (Å²) in [6, 6.07) is 0. The van der Waals surface area contributed by atoms with Crippen LogP contribution < -0.4 is 0 Å². The van der Waals surface area contributed by atoms with Crippen molar-refractivity contribution in [1.82, 2.24) is 0 Å². The Morgan fingerprint density at radius 1 is 1.15 bits per heavy atom. The molecule has 0 radical (unpaired) electrons. The molecule has 4 aliphatic carbocycles. The highest BCUT2D eigenvalue weighted by molar-refractivity contribution is 6.69. The van der Waals surface area contributed by atoms with Crippen molar-refractivity contribution in [1.29, 1.82) is 0 Å². The first-order chi connectivity index (χ1) is 11.9. The lowest BCUT2D eigenvalue weighted by molar-refractivity contribution is -0.141. The largest absolute Gasteiger partial charge is 0.411 e. The van der Waals surface area contributed by atoms with Crippen molar-refractivity contribution in [3.05, 3.63) is 23.8 Å². The molecule has 2 saturated carbocycles. The summed E-state index contributed by atoms with van der Waals surface area (Å²) in [7, 11) is -1.80. The fourth-order valence-corrected chi connectivity index (χ4v) is 7.48. The first-order valence-corrected chi connectivity index (χ1v) is 13.5. The number of fused-ring (bicyclic) bond motifs is 2. The van der Waals surface area contributed by atoms with Gasteiger partial charge in [0, 0.05) is 11.8 Å². The molecule has 0 N–H and O–H groups in total. The smallest absolute Gasteiger partial charge is 0.184 e. The molecule has 0 bridgehead atoms. The number of ketones is 2. The molecule has 0 heterocycles. The third kappa shape index (κ3) is 2.27. The summed E-state index contributed by atoms with van der Waals surface area (Å²) in [5, 5.41) is 0. The molecule has 4 aliphatic rings. The van der Waals surface area contributed by atoms with Gasteiger partial charge in [0.2, 0.25) is 0 Å². The van der Waals surface area contributed by atoms with Crippen LogP contribution in [0.5, 0.6) is 0 Å². The van der Waals surface area contributed by atoms with E-state index in [1.165, 1.54) is 0 Å². The summed E-state index contributed by atoms with van der Waals surface area (Å²) in [5.74, 6) is 1.13. The van der Waals surface area contributed by atoms with E-state index in [2.05, 4.69) is 53.4 Å². The van der Waals surface area contributed by atoms with Crippen LogP contribution in [0.1, 0.15) is 34.1 Å². The van der Waals surface area contributed by atoms with Gasteiger partial charge in [0.25, 0.3) is 0 Å². The zero-order chi connectivity index (χ0) is 19.2. The summed E-state index contributed by atoms with van der Waals surface area (Å²) in [5.41, 5.74) is 0.682. The Balaban J connectivity index is 1.92. The summed E-state index contributed by atoms with van der Waals surface area (Å²) in [4.78, 5) is 26.4. The molecular weight excluding hydrogens is 340 g/mol. The van der Waals surface area contributed by atoms with Gasteiger partial charge in [0.1, 0.15) is 5.78 Å². The maximum Gasteiger partial charge on any atom is 0.184 e. The van der Waals surface area contributed by atoms with Gasteiger partial charge in [-0.25, -0.2) is 0 Å². The summed E-state index contributed by atoms with van der Waals surface area (Å²) in [6.45, 7) is 15.5. The number of allylic oxidation sites excluding steroid dienone is 3. The second-order valence-corrected chi connectivity index (χ2v) is 15.1. The Morgan fingerprint density at radius 3 is 2.42 bits per heavy atom. The molecule has 0 aromatic heterocycles. The predicted molar refractivity (Wildman–Crippen MR) is 105 cm³/mol. The normalized spacial score (nSPS) is 46.2. The molecule has 0 aromatic carbocycles. The number of hydrogen-bond acceptors (Lipinski definition) is 3. The van der Waals surface area contributed by atoms with E-state index >= 15 is 0 Å². The van der Waals surface area contributed by atoms with Crippen LogP contribution in [0.15, 0.2) is 23.8 Å². The zero-order valence-corrected chi connectivity index (χ0v) is 18.1.